The SMILES string of the molecule is c1ccc(-n2c3ccccc3c3cc(-c4ccc5c(c4)c4ccccc4n5-c4cccc(-c5cnc6oc7ccc8c9ccc%10ccccc%10c9ccc8c7c6n5)c4)ccc32)cc1.c1ccc(-n2c3ccccc3c3cc(-c4ccc5c6ccccc6n(-c6cnc7oc8ccc9c%10ccc%11ccccc%11c%10ccc9c8c7n6)c5c4)ccc32)cc1. The van der Waals surface area contributed by atoms with Crippen LogP contribution >= 0.6 is 0 Å². The first-order valence-corrected chi connectivity index (χ1v) is 40.7. The van der Waals surface area contributed by atoms with Crippen LogP contribution in [0.5, 0.6) is 0 Å². The zero-order chi connectivity index (χ0) is 78.4. The maximum Gasteiger partial charge on any atom is 0.246 e. The third-order valence-corrected chi connectivity index (χ3v) is 25.1. The summed E-state index contributed by atoms with van der Waals surface area (Å²) in [5.41, 5.74) is 23.2. The molecule has 0 atom stereocenters. The van der Waals surface area contributed by atoms with Crippen LogP contribution in [0.1, 0.15) is 0 Å². The fourth-order valence-electron chi connectivity index (χ4n) is 19.8. The highest BCUT2D eigenvalue weighted by Crippen LogP contribution is 2.46. The number of benzene rings is 19. The third-order valence-electron chi connectivity index (χ3n) is 25.1. The van der Waals surface area contributed by atoms with Gasteiger partial charge in [-0.2, -0.15) is 0 Å². The largest absolute Gasteiger partial charge is 0.436 e. The lowest BCUT2D eigenvalue weighted by Gasteiger charge is -2.11. The van der Waals surface area contributed by atoms with Crippen molar-refractivity contribution in [2.45, 2.75) is 0 Å². The number of hydrogen-bond acceptors (Lipinski definition) is 6. The Labute approximate surface area is 683 Å². The molecule has 0 aliphatic rings. The minimum Gasteiger partial charge on any atom is -0.436 e. The number of furan rings is 2. The van der Waals surface area contributed by atoms with Crippen molar-refractivity contribution in [3.63, 3.8) is 0 Å². The molecule has 0 aliphatic heterocycles. The van der Waals surface area contributed by atoms with E-state index < -0.39 is 0 Å². The molecular weight excluding hydrogens is 1470 g/mol. The number of nitrogens with zero attached hydrogens (tertiary/aromatic N) is 8. The Morgan fingerprint density at radius 1 is 0.200 bits per heavy atom. The molecule has 10 nitrogen and oxygen atoms in total. The Morgan fingerprint density at radius 2 is 0.550 bits per heavy atom. The van der Waals surface area contributed by atoms with E-state index >= 15 is 0 Å². The van der Waals surface area contributed by atoms with Crippen LogP contribution in [0.4, 0.5) is 0 Å². The van der Waals surface area contributed by atoms with Gasteiger partial charge in [-0.15, -0.1) is 0 Å². The standard InChI is InChI=1S/C58H34N4O.C52H30N4O/c1-2-13-39(14-3-1)61-51-19-8-6-17-45(51)48-32-36(22-28-53(48)61)37-23-29-54-49(33-37)46-18-7-9-20-52(46)62(54)40-15-10-12-38(31-40)50-34-59-58-57(60-50)56-47-26-25-42-41-16-5-4-11-35(41)21-24-43(42)44(47)27-30-55(56)63-58;1-2-11-34(12-3-1)55-44-16-8-7-15-40(44)43-28-32(20-26-46(43)55)33-19-22-41-39-14-6-9-17-45(39)56(47(41)29-33)49-30-53-52-51(54-49)50-42-24-23-36-35-13-5-4-10-31(35)18-21-37(36)38(42)25-27-48(50)57-52/h1-34H;1-30H. The summed E-state index contributed by atoms with van der Waals surface area (Å²) in [5.74, 6) is 0.749. The molecule has 0 unspecified atom stereocenters. The van der Waals surface area contributed by atoms with Crippen LogP contribution < -0.4 is 0 Å². The van der Waals surface area contributed by atoms with Gasteiger partial charge in [-0.05, 0) is 202 Å². The topological polar surface area (TPSA) is 97.6 Å². The first-order valence-electron chi connectivity index (χ1n) is 40.7. The lowest BCUT2D eigenvalue weighted by Crippen LogP contribution is -1.98. The van der Waals surface area contributed by atoms with Crippen LogP contribution in [-0.2, 0) is 0 Å². The molecule has 556 valence electrons. The van der Waals surface area contributed by atoms with Crippen LogP contribution in [0.25, 0.3) is 253 Å². The molecule has 27 aromatic rings. The van der Waals surface area contributed by atoms with Crippen molar-refractivity contribution in [1.29, 1.82) is 0 Å². The zero-order valence-corrected chi connectivity index (χ0v) is 64.3. The van der Waals surface area contributed by atoms with Crippen molar-refractivity contribution >= 4 is 196 Å². The Hall–Kier alpha value is -16.3. The third kappa shape index (κ3) is 9.84. The van der Waals surface area contributed by atoms with Gasteiger partial charge in [-0.25, -0.2) is 19.9 Å². The maximum atomic E-state index is 6.38. The smallest absolute Gasteiger partial charge is 0.246 e. The molecule has 0 saturated heterocycles. The molecule has 0 saturated carbocycles. The minimum absolute atomic E-state index is 0.532. The van der Waals surface area contributed by atoms with Gasteiger partial charge >= 0.3 is 0 Å². The summed E-state index contributed by atoms with van der Waals surface area (Å²) in [4.78, 5) is 20.5. The Bertz CT molecular complexity index is 9080. The summed E-state index contributed by atoms with van der Waals surface area (Å²) < 4.78 is 22.1. The Kier molecular flexibility index (Phi) is 14.1. The molecular formula is C110H64N8O2. The normalized spacial score (nSPS) is 12.2. The van der Waals surface area contributed by atoms with Crippen molar-refractivity contribution in [3.8, 4) is 56.4 Å². The first-order chi connectivity index (χ1) is 59.5. The van der Waals surface area contributed by atoms with Gasteiger partial charge in [0, 0.05) is 65.7 Å². The maximum absolute atomic E-state index is 6.38. The summed E-state index contributed by atoms with van der Waals surface area (Å²) in [5, 5.41) is 26.1. The molecule has 8 aromatic heterocycles. The number of rotatable bonds is 7. The van der Waals surface area contributed by atoms with E-state index in [1.165, 1.54) is 130 Å². The van der Waals surface area contributed by atoms with E-state index in [9.17, 15) is 0 Å². The van der Waals surface area contributed by atoms with Crippen LogP contribution in [0.2, 0.25) is 0 Å². The zero-order valence-electron chi connectivity index (χ0n) is 64.3. The van der Waals surface area contributed by atoms with Gasteiger partial charge in [0.1, 0.15) is 22.2 Å². The highest BCUT2D eigenvalue weighted by molar-refractivity contribution is 6.28. The van der Waals surface area contributed by atoms with Crippen molar-refractivity contribution < 1.29 is 8.83 Å². The number of aromatic nitrogens is 8. The predicted octanol–water partition coefficient (Wildman–Crippen LogP) is 29.1. The summed E-state index contributed by atoms with van der Waals surface area (Å²) >= 11 is 0. The number of fused-ring (bicyclic) bond motifs is 30. The second kappa shape index (κ2) is 25.6. The molecule has 0 fully saturated rings. The van der Waals surface area contributed by atoms with Gasteiger partial charge in [0.15, 0.2) is 5.82 Å². The molecule has 0 bridgehead atoms. The van der Waals surface area contributed by atoms with Crippen LogP contribution in [0.3, 0.4) is 0 Å². The van der Waals surface area contributed by atoms with Gasteiger partial charge in [-0.3, -0.25) is 4.57 Å². The average molecular weight is 1530 g/mol. The second-order valence-electron chi connectivity index (χ2n) is 31.5. The van der Waals surface area contributed by atoms with Gasteiger partial charge < -0.3 is 22.5 Å². The highest BCUT2D eigenvalue weighted by Gasteiger charge is 2.24. The van der Waals surface area contributed by atoms with Crippen molar-refractivity contribution in [2.24, 2.45) is 0 Å². The van der Waals surface area contributed by atoms with Crippen molar-refractivity contribution in [3.05, 3.63) is 389 Å². The predicted molar refractivity (Wildman–Crippen MR) is 497 cm³/mol. The summed E-state index contributed by atoms with van der Waals surface area (Å²) in [6.07, 6.45) is 3.68. The molecule has 120 heavy (non-hydrogen) atoms. The van der Waals surface area contributed by atoms with E-state index in [0.29, 0.717) is 11.4 Å². The molecule has 0 N–H and O–H groups in total. The molecule has 8 heterocycles. The van der Waals surface area contributed by atoms with E-state index in [2.05, 4.69) is 394 Å². The first kappa shape index (κ1) is 66.0. The average Bonchev–Trinajstić information content (AvgIpc) is 1.58. The molecule has 0 radical (unpaired) electrons. The Balaban J connectivity index is 0.000000130. The molecule has 19 aromatic carbocycles. The van der Waals surface area contributed by atoms with Crippen molar-refractivity contribution in [2.75, 3.05) is 0 Å². The van der Waals surface area contributed by atoms with E-state index in [1.807, 2.05) is 12.4 Å². The molecule has 10 heteroatoms. The van der Waals surface area contributed by atoms with E-state index in [4.69, 9.17) is 28.8 Å². The minimum atomic E-state index is 0.532. The van der Waals surface area contributed by atoms with Gasteiger partial charge in [-0.1, -0.05) is 261 Å². The summed E-state index contributed by atoms with van der Waals surface area (Å²) in [7, 11) is 0. The van der Waals surface area contributed by atoms with Gasteiger partial charge in [0.2, 0.25) is 11.4 Å². The molecule has 27 rings (SSSR count). The fourth-order valence-corrected chi connectivity index (χ4v) is 19.8. The monoisotopic (exact) mass is 1530 g/mol. The lowest BCUT2D eigenvalue weighted by molar-refractivity contribution is 0.652. The van der Waals surface area contributed by atoms with Crippen molar-refractivity contribution in [1.82, 2.24) is 38.2 Å². The summed E-state index contributed by atoms with van der Waals surface area (Å²) in [6, 6.07) is 135. The second-order valence-corrected chi connectivity index (χ2v) is 31.5. The summed E-state index contributed by atoms with van der Waals surface area (Å²) in [6.45, 7) is 0. The molecule has 0 amide bonds. The van der Waals surface area contributed by atoms with Crippen LogP contribution in [0, 0.1) is 0 Å². The number of hydrogen-bond donors (Lipinski definition) is 0. The quantitative estimate of drug-likeness (QED) is 0.148. The van der Waals surface area contributed by atoms with E-state index in [0.717, 1.165) is 111 Å². The van der Waals surface area contributed by atoms with Gasteiger partial charge in [0.05, 0.1) is 73.0 Å². The van der Waals surface area contributed by atoms with Crippen LogP contribution in [-0.4, -0.2) is 38.2 Å². The van der Waals surface area contributed by atoms with Crippen LogP contribution in [0.15, 0.2) is 397 Å². The Morgan fingerprint density at radius 3 is 1.07 bits per heavy atom. The fraction of sp³-hybridized carbons (Fsp3) is 0. The highest BCUT2D eigenvalue weighted by atomic mass is 16.3. The van der Waals surface area contributed by atoms with Gasteiger partial charge in [0.25, 0.3) is 0 Å². The molecule has 0 aliphatic carbocycles. The lowest BCUT2D eigenvalue weighted by atomic mass is 9.95. The van der Waals surface area contributed by atoms with E-state index in [1.54, 1.807) is 0 Å². The number of para-hydroxylation sites is 6. The van der Waals surface area contributed by atoms with E-state index in [-0.39, 0.29) is 0 Å². The molecule has 0 spiro atoms.